The molecule has 1 aliphatic carbocycles. The molecule has 7 rings (SSSR count). The lowest BCUT2D eigenvalue weighted by Crippen LogP contribution is -2.44. The minimum absolute atomic E-state index is 0. The van der Waals surface area contributed by atoms with Gasteiger partial charge in [0.1, 0.15) is 17.3 Å². The molecule has 0 radical (unpaired) electrons. The highest BCUT2D eigenvalue weighted by atomic mass is 35.5. The molecule has 4 aliphatic rings. The minimum atomic E-state index is -0.709. The average Bonchev–Trinajstić information content (AvgIpc) is 3.65. The summed E-state index contributed by atoms with van der Waals surface area (Å²) in [5, 5.41) is 21.0. The number of benzene rings is 1. The number of nitriles is 1. The third kappa shape index (κ3) is 4.49. The largest absolute Gasteiger partial charge is 0.442 e. The van der Waals surface area contributed by atoms with Gasteiger partial charge in [-0.15, -0.1) is 17.5 Å². The van der Waals surface area contributed by atoms with E-state index in [0.29, 0.717) is 42.1 Å². The number of likely N-dealkylation sites (tertiary alicyclic amines) is 1. The second kappa shape index (κ2) is 10.4. The van der Waals surface area contributed by atoms with Gasteiger partial charge in [-0.2, -0.15) is 5.26 Å². The Bertz CT molecular complexity index is 1490. The first-order valence-corrected chi connectivity index (χ1v) is 13.5. The van der Waals surface area contributed by atoms with Crippen molar-refractivity contribution in [1.82, 2.24) is 30.2 Å². The first-order chi connectivity index (χ1) is 19.5. The van der Waals surface area contributed by atoms with Gasteiger partial charge in [-0.25, -0.2) is 13.9 Å². The maximum atomic E-state index is 15.2. The van der Waals surface area contributed by atoms with Gasteiger partial charge in [-0.3, -0.25) is 14.7 Å². The predicted molar refractivity (Wildman–Crippen MR) is 146 cm³/mol. The van der Waals surface area contributed by atoms with Crippen molar-refractivity contribution < 1.29 is 18.7 Å². The van der Waals surface area contributed by atoms with Crippen molar-refractivity contribution in [3.63, 3.8) is 0 Å². The summed E-state index contributed by atoms with van der Waals surface area (Å²) >= 11 is 0. The molecule has 1 saturated carbocycles. The number of nitrogens with one attached hydrogen (secondary N) is 1. The molecule has 4 atom stereocenters. The van der Waals surface area contributed by atoms with Gasteiger partial charge in [0, 0.05) is 48.4 Å². The van der Waals surface area contributed by atoms with Crippen LogP contribution in [0.25, 0.3) is 11.1 Å². The normalized spacial score (nSPS) is 28.1. The van der Waals surface area contributed by atoms with Crippen LogP contribution in [0.15, 0.2) is 48.9 Å². The SMILES string of the molecule is Cl.N#CC1(c2ccc(-c3ccc(N4C[C@H](Cn5ccnn5)OC4=O)cc3F)cn2)C2CN(C(=O)[C@@H]3CCCN3)CC21. The number of anilines is 1. The molecule has 1 N–H and O–H groups in total. The first-order valence-electron chi connectivity index (χ1n) is 13.5. The van der Waals surface area contributed by atoms with E-state index < -0.39 is 23.4 Å². The number of cyclic esters (lactones) is 1. The van der Waals surface area contributed by atoms with Crippen LogP contribution in [0.5, 0.6) is 0 Å². The van der Waals surface area contributed by atoms with Gasteiger partial charge in [-0.1, -0.05) is 11.3 Å². The van der Waals surface area contributed by atoms with E-state index in [9.17, 15) is 14.9 Å². The van der Waals surface area contributed by atoms with E-state index >= 15 is 4.39 Å². The quantitative estimate of drug-likeness (QED) is 0.472. The monoisotopic (exact) mass is 578 g/mol. The molecule has 13 heteroatoms. The highest BCUT2D eigenvalue weighted by Crippen LogP contribution is 2.62. The van der Waals surface area contributed by atoms with E-state index in [0.717, 1.165) is 19.4 Å². The number of piperidine rings is 1. The van der Waals surface area contributed by atoms with Gasteiger partial charge in [-0.05, 0) is 43.7 Å². The molecule has 2 aromatic heterocycles. The third-order valence-corrected chi connectivity index (χ3v) is 8.73. The zero-order valence-corrected chi connectivity index (χ0v) is 22.8. The van der Waals surface area contributed by atoms with Crippen LogP contribution < -0.4 is 10.2 Å². The van der Waals surface area contributed by atoms with Crippen LogP contribution in [0.2, 0.25) is 0 Å². The van der Waals surface area contributed by atoms with Crippen molar-refractivity contribution in [2.75, 3.05) is 31.1 Å². The first kappa shape index (κ1) is 27.1. The molecule has 4 fully saturated rings. The zero-order valence-electron chi connectivity index (χ0n) is 22.0. The molecule has 3 aromatic rings. The van der Waals surface area contributed by atoms with Gasteiger partial charge < -0.3 is 15.0 Å². The summed E-state index contributed by atoms with van der Waals surface area (Å²) in [6.07, 6.45) is 5.72. The minimum Gasteiger partial charge on any atom is -0.442 e. The molecule has 1 aromatic carbocycles. The van der Waals surface area contributed by atoms with Gasteiger partial charge in [0.05, 0.1) is 42.8 Å². The number of hydrogen-bond acceptors (Lipinski definition) is 8. The summed E-state index contributed by atoms with van der Waals surface area (Å²) in [5.74, 6) is -0.240. The third-order valence-electron chi connectivity index (χ3n) is 8.73. The van der Waals surface area contributed by atoms with Crippen LogP contribution in [0, 0.1) is 29.0 Å². The summed E-state index contributed by atoms with van der Waals surface area (Å²) in [6, 6.07) is 10.6. The fourth-order valence-electron chi connectivity index (χ4n) is 6.60. The standard InChI is InChI=1S/C28H27FN8O3.ClH/c29-23-10-18(37-13-19(40-27(37)39)12-36-9-8-33-34-36)4-5-20(23)17-3-6-25(32-11-17)28(16-30)21-14-35(15-22(21)28)26(38)24-2-1-7-31-24;/h3-6,8-11,19,21-22,24,31H,1-2,7,12-15H2;1H/t19-,21?,22?,24-,28?;/m0./s1. The number of hydrogen-bond donors (Lipinski definition) is 1. The summed E-state index contributed by atoms with van der Waals surface area (Å²) < 4.78 is 22.2. The molecule has 3 saturated heterocycles. The lowest BCUT2D eigenvalue weighted by molar-refractivity contribution is -0.132. The number of nitrogens with zero attached hydrogens (tertiary/aromatic N) is 7. The van der Waals surface area contributed by atoms with Crippen molar-refractivity contribution >= 4 is 30.1 Å². The van der Waals surface area contributed by atoms with Gasteiger partial charge in [0.25, 0.3) is 0 Å². The second-order valence-corrected chi connectivity index (χ2v) is 10.9. The molecule has 41 heavy (non-hydrogen) atoms. The van der Waals surface area contributed by atoms with Gasteiger partial charge in [0.2, 0.25) is 5.91 Å². The molecule has 0 spiro atoms. The van der Waals surface area contributed by atoms with E-state index in [4.69, 9.17) is 4.74 Å². The lowest BCUT2D eigenvalue weighted by Gasteiger charge is -2.25. The number of fused-ring (bicyclic) bond motifs is 1. The van der Waals surface area contributed by atoms with Crippen molar-refractivity contribution in [3.8, 4) is 17.2 Å². The van der Waals surface area contributed by atoms with E-state index in [1.54, 1.807) is 47.5 Å². The lowest BCUT2D eigenvalue weighted by atomic mass is 9.95. The number of pyridine rings is 1. The molecular formula is C28H28ClFN8O3. The van der Waals surface area contributed by atoms with Gasteiger partial charge >= 0.3 is 6.09 Å². The number of halogens is 2. The van der Waals surface area contributed by atoms with E-state index in [1.807, 2.05) is 4.90 Å². The molecule has 3 aliphatic heterocycles. The summed E-state index contributed by atoms with van der Waals surface area (Å²) in [7, 11) is 0. The number of ether oxygens (including phenoxy) is 1. The Hall–Kier alpha value is -4.08. The Morgan fingerprint density at radius 2 is 2.05 bits per heavy atom. The highest BCUT2D eigenvalue weighted by molar-refractivity contribution is 5.90. The smallest absolute Gasteiger partial charge is 0.414 e. The number of carbonyl (C=O) groups excluding carboxylic acids is 2. The zero-order chi connectivity index (χ0) is 27.4. The molecule has 2 amide bonds. The fourth-order valence-corrected chi connectivity index (χ4v) is 6.60. The predicted octanol–water partition coefficient (Wildman–Crippen LogP) is 2.53. The van der Waals surface area contributed by atoms with Crippen molar-refractivity contribution in [3.05, 3.63) is 60.4 Å². The van der Waals surface area contributed by atoms with Crippen LogP contribution in [-0.2, 0) is 21.5 Å². The summed E-state index contributed by atoms with van der Waals surface area (Å²) in [4.78, 5) is 33.1. The Morgan fingerprint density at radius 3 is 2.68 bits per heavy atom. The van der Waals surface area contributed by atoms with Crippen molar-refractivity contribution in [2.45, 2.75) is 36.9 Å². The van der Waals surface area contributed by atoms with Crippen molar-refractivity contribution in [2.24, 2.45) is 11.8 Å². The van der Waals surface area contributed by atoms with E-state index in [-0.39, 0.29) is 42.7 Å². The topological polar surface area (TPSA) is 129 Å². The van der Waals surface area contributed by atoms with Crippen LogP contribution >= 0.6 is 12.4 Å². The fraction of sp³-hybridized carbons (Fsp3) is 0.429. The van der Waals surface area contributed by atoms with E-state index in [1.165, 1.54) is 11.0 Å². The molecule has 11 nitrogen and oxygen atoms in total. The van der Waals surface area contributed by atoms with E-state index in [2.05, 4.69) is 26.7 Å². The number of rotatable bonds is 6. The molecule has 2 unspecified atom stereocenters. The Labute approximate surface area is 241 Å². The van der Waals surface area contributed by atoms with Crippen molar-refractivity contribution in [1.29, 1.82) is 5.26 Å². The number of carbonyl (C=O) groups is 2. The maximum absolute atomic E-state index is 15.2. The highest BCUT2D eigenvalue weighted by Gasteiger charge is 2.71. The maximum Gasteiger partial charge on any atom is 0.414 e. The Morgan fingerprint density at radius 1 is 1.22 bits per heavy atom. The average molecular weight is 579 g/mol. The number of amides is 2. The van der Waals surface area contributed by atoms with Crippen LogP contribution in [0.3, 0.4) is 0 Å². The number of aromatic nitrogens is 4. The molecule has 5 heterocycles. The van der Waals surface area contributed by atoms with Crippen LogP contribution in [0.1, 0.15) is 18.5 Å². The summed E-state index contributed by atoms with van der Waals surface area (Å²) in [6.45, 7) is 2.63. The molecule has 212 valence electrons. The second-order valence-electron chi connectivity index (χ2n) is 10.9. The van der Waals surface area contributed by atoms with Gasteiger partial charge in [0.15, 0.2) is 0 Å². The molecule has 0 bridgehead atoms. The van der Waals surface area contributed by atoms with Crippen LogP contribution in [0.4, 0.5) is 14.9 Å². The Kier molecular flexibility index (Phi) is 6.87. The molecular weight excluding hydrogens is 551 g/mol. The summed E-state index contributed by atoms with van der Waals surface area (Å²) in [5.41, 5.74) is 1.27. The van der Waals surface area contributed by atoms with Crippen LogP contribution in [-0.4, -0.2) is 75.2 Å². The Balaban J connectivity index is 0.00000302.